The molecule has 7 heteroatoms. The van der Waals surface area contributed by atoms with E-state index in [-0.39, 0.29) is 12.8 Å². The predicted octanol–water partition coefficient (Wildman–Crippen LogP) is 5.03. The highest BCUT2D eigenvalue weighted by Crippen LogP contribution is 2.42. The summed E-state index contributed by atoms with van der Waals surface area (Å²) < 4.78 is 22.9. The third-order valence-corrected chi connectivity index (χ3v) is 6.61. The summed E-state index contributed by atoms with van der Waals surface area (Å²) in [5, 5.41) is 10.00. The fourth-order valence-corrected chi connectivity index (χ4v) is 4.90. The van der Waals surface area contributed by atoms with E-state index in [0.29, 0.717) is 42.6 Å². The Bertz CT molecular complexity index is 1180. The van der Waals surface area contributed by atoms with Crippen molar-refractivity contribution < 1.29 is 28.8 Å². The average Bonchev–Trinajstić information content (AvgIpc) is 3.37. The van der Waals surface area contributed by atoms with E-state index in [0.717, 1.165) is 29.5 Å². The zero-order chi connectivity index (χ0) is 24.2. The minimum Gasteiger partial charge on any atom is -0.493 e. The summed E-state index contributed by atoms with van der Waals surface area (Å²) >= 11 is 0. The van der Waals surface area contributed by atoms with Gasteiger partial charge in [0, 0.05) is 0 Å². The Morgan fingerprint density at radius 1 is 1.00 bits per heavy atom. The molecule has 2 heterocycles. The van der Waals surface area contributed by atoms with Gasteiger partial charge in [0.15, 0.2) is 23.0 Å². The summed E-state index contributed by atoms with van der Waals surface area (Å²) in [5.41, 5.74) is 2.94. The summed E-state index contributed by atoms with van der Waals surface area (Å²) in [6.07, 6.45) is 2.46. The van der Waals surface area contributed by atoms with Crippen molar-refractivity contribution in [2.45, 2.75) is 38.0 Å². The number of carbonyl (C=O) groups is 1. The molecule has 2 unspecified atom stereocenters. The summed E-state index contributed by atoms with van der Waals surface area (Å²) in [6, 6.07) is 20.8. The lowest BCUT2D eigenvalue weighted by molar-refractivity contribution is -0.145. The highest BCUT2D eigenvalue weighted by molar-refractivity contribution is 5.74. The minimum atomic E-state index is -0.801. The Labute approximate surface area is 204 Å². The van der Waals surface area contributed by atoms with Crippen molar-refractivity contribution in [3.63, 3.8) is 0 Å². The van der Waals surface area contributed by atoms with Gasteiger partial charge in [-0.1, -0.05) is 48.9 Å². The number of aliphatic carboxylic acids is 1. The second-order valence-corrected chi connectivity index (χ2v) is 8.79. The maximum Gasteiger partial charge on any atom is 0.320 e. The van der Waals surface area contributed by atoms with Crippen LogP contribution in [-0.4, -0.2) is 42.5 Å². The Morgan fingerprint density at radius 2 is 1.77 bits per heavy atom. The normalized spacial score (nSPS) is 18.1. The molecule has 0 aliphatic carbocycles. The predicted molar refractivity (Wildman–Crippen MR) is 130 cm³/mol. The monoisotopic (exact) mass is 475 g/mol. The maximum atomic E-state index is 12.2. The number of benzene rings is 3. The number of carboxylic acid groups (broad SMARTS) is 1. The van der Waals surface area contributed by atoms with Crippen LogP contribution in [0.1, 0.15) is 42.0 Å². The van der Waals surface area contributed by atoms with E-state index in [2.05, 4.69) is 4.90 Å². The number of nitrogens with zero attached hydrogens (tertiary/aromatic N) is 1. The average molecular weight is 476 g/mol. The number of fused-ring (bicyclic) bond motifs is 1. The van der Waals surface area contributed by atoms with Gasteiger partial charge >= 0.3 is 5.97 Å². The van der Waals surface area contributed by atoms with Crippen LogP contribution in [0.3, 0.4) is 0 Å². The Kier molecular flexibility index (Phi) is 6.77. The van der Waals surface area contributed by atoms with Crippen molar-refractivity contribution in [3.8, 4) is 23.0 Å². The van der Waals surface area contributed by atoms with Crippen molar-refractivity contribution in [2.24, 2.45) is 0 Å². The molecule has 2 aliphatic rings. The SMILES string of the molecule is COc1cc(C(c2ccc3c(c2)OCO3)N2CCCCC2C(=O)O)ccc1OCc1ccccc1. The lowest BCUT2D eigenvalue weighted by Gasteiger charge is -2.39. The molecule has 7 nitrogen and oxygen atoms in total. The number of methoxy groups -OCH3 is 1. The first kappa shape index (κ1) is 23.1. The van der Waals surface area contributed by atoms with E-state index in [4.69, 9.17) is 18.9 Å². The standard InChI is InChI=1S/C28H29NO6/c1-32-25-15-20(10-12-23(25)33-17-19-7-3-2-4-8-19)27(29-14-6-5-9-22(29)28(30)31)21-11-13-24-26(16-21)35-18-34-24/h2-4,7-8,10-13,15-16,22,27H,5-6,9,14,17-18H2,1H3,(H,30,31). The van der Waals surface area contributed by atoms with Gasteiger partial charge < -0.3 is 24.1 Å². The number of hydrogen-bond donors (Lipinski definition) is 1. The molecule has 2 atom stereocenters. The van der Waals surface area contributed by atoms with Crippen LogP contribution in [0.4, 0.5) is 0 Å². The van der Waals surface area contributed by atoms with E-state index in [9.17, 15) is 9.90 Å². The third kappa shape index (κ3) is 4.91. The molecule has 2 aliphatic heterocycles. The molecule has 0 spiro atoms. The van der Waals surface area contributed by atoms with Crippen molar-refractivity contribution in [1.29, 1.82) is 0 Å². The molecule has 182 valence electrons. The van der Waals surface area contributed by atoms with Gasteiger partial charge in [-0.2, -0.15) is 0 Å². The number of piperidine rings is 1. The first-order valence-corrected chi connectivity index (χ1v) is 11.9. The van der Waals surface area contributed by atoms with Crippen molar-refractivity contribution >= 4 is 5.97 Å². The quantitative estimate of drug-likeness (QED) is 0.490. The zero-order valence-electron chi connectivity index (χ0n) is 19.7. The number of rotatable bonds is 8. The third-order valence-electron chi connectivity index (χ3n) is 6.61. The Morgan fingerprint density at radius 3 is 2.57 bits per heavy atom. The summed E-state index contributed by atoms with van der Waals surface area (Å²) in [5.74, 6) is 1.81. The molecule has 3 aromatic rings. The molecule has 5 rings (SSSR count). The van der Waals surface area contributed by atoms with Crippen LogP contribution < -0.4 is 18.9 Å². The lowest BCUT2D eigenvalue weighted by atomic mass is 9.91. The highest BCUT2D eigenvalue weighted by Gasteiger charge is 2.36. The van der Waals surface area contributed by atoms with Gasteiger partial charge in [-0.25, -0.2) is 0 Å². The van der Waals surface area contributed by atoms with Gasteiger partial charge in [0.2, 0.25) is 6.79 Å². The molecule has 1 N–H and O–H groups in total. The van der Waals surface area contributed by atoms with Crippen LogP contribution >= 0.6 is 0 Å². The van der Waals surface area contributed by atoms with Gasteiger partial charge in [-0.3, -0.25) is 9.69 Å². The Hall–Kier alpha value is -3.71. The van der Waals surface area contributed by atoms with E-state index >= 15 is 0 Å². The van der Waals surface area contributed by atoms with E-state index in [1.165, 1.54) is 0 Å². The first-order chi connectivity index (χ1) is 17.1. The van der Waals surface area contributed by atoms with Crippen LogP contribution in [0.15, 0.2) is 66.7 Å². The van der Waals surface area contributed by atoms with Gasteiger partial charge in [0.1, 0.15) is 12.6 Å². The van der Waals surface area contributed by atoms with Crippen LogP contribution in [0.25, 0.3) is 0 Å². The molecule has 35 heavy (non-hydrogen) atoms. The Balaban J connectivity index is 1.51. The molecule has 0 radical (unpaired) electrons. The van der Waals surface area contributed by atoms with E-state index in [1.807, 2.05) is 66.7 Å². The summed E-state index contributed by atoms with van der Waals surface area (Å²) in [7, 11) is 1.62. The number of likely N-dealkylation sites (tertiary alicyclic amines) is 1. The van der Waals surface area contributed by atoms with Gasteiger partial charge in [0.25, 0.3) is 0 Å². The van der Waals surface area contributed by atoms with Crippen LogP contribution in [0.5, 0.6) is 23.0 Å². The first-order valence-electron chi connectivity index (χ1n) is 11.9. The molecule has 1 fully saturated rings. The van der Waals surface area contributed by atoms with Crippen molar-refractivity contribution in [1.82, 2.24) is 4.90 Å². The van der Waals surface area contributed by atoms with Crippen LogP contribution in [-0.2, 0) is 11.4 Å². The lowest BCUT2D eigenvalue weighted by Crippen LogP contribution is -2.46. The molecule has 1 saturated heterocycles. The molecule has 0 amide bonds. The van der Waals surface area contributed by atoms with E-state index in [1.54, 1.807) is 7.11 Å². The summed E-state index contributed by atoms with van der Waals surface area (Å²) in [6.45, 7) is 1.30. The fraction of sp³-hybridized carbons (Fsp3) is 0.321. The van der Waals surface area contributed by atoms with E-state index < -0.39 is 12.0 Å². The summed E-state index contributed by atoms with van der Waals surface area (Å²) in [4.78, 5) is 14.3. The second-order valence-electron chi connectivity index (χ2n) is 8.79. The van der Waals surface area contributed by atoms with Crippen LogP contribution in [0.2, 0.25) is 0 Å². The van der Waals surface area contributed by atoms with Crippen molar-refractivity contribution in [3.05, 3.63) is 83.4 Å². The van der Waals surface area contributed by atoms with Gasteiger partial charge in [0.05, 0.1) is 13.2 Å². The number of hydrogen-bond acceptors (Lipinski definition) is 6. The second kappa shape index (κ2) is 10.3. The molecule has 0 saturated carbocycles. The smallest absolute Gasteiger partial charge is 0.320 e. The maximum absolute atomic E-state index is 12.2. The number of ether oxygens (including phenoxy) is 4. The number of carboxylic acids is 1. The molecule has 3 aromatic carbocycles. The zero-order valence-corrected chi connectivity index (χ0v) is 19.7. The molecule has 0 bridgehead atoms. The van der Waals surface area contributed by atoms with Crippen molar-refractivity contribution in [2.75, 3.05) is 20.4 Å². The van der Waals surface area contributed by atoms with Gasteiger partial charge in [-0.05, 0) is 60.3 Å². The van der Waals surface area contributed by atoms with Crippen LogP contribution in [0, 0.1) is 0 Å². The molecular formula is C28H29NO6. The molecule has 0 aromatic heterocycles. The molecular weight excluding hydrogens is 446 g/mol. The highest BCUT2D eigenvalue weighted by atomic mass is 16.7. The minimum absolute atomic E-state index is 0.187. The fourth-order valence-electron chi connectivity index (χ4n) is 4.90. The topological polar surface area (TPSA) is 77.5 Å². The largest absolute Gasteiger partial charge is 0.493 e. The van der Waals surface area contributed by atoms with Gasteiger partial charge in [-0.15, -0.1) is 0 Å².